The summed E-state index contributed by atoms with van der Waals surface area (Å²) in [6, 6.07) is 0. The number of nitrogens with one attached hydrogen (secondary N) is 1. The molecule has 1 N–H and O–H groups in total. The van der Waals surface area contributed by atoms with Gasteiger partial charge in [-0.25, -0.2) is 0 Å². The average Bonchev–Trinajstić information content (AvgIpc) is 2.45. The highest BCUT2D eigenvalue weighted by Crippen LogP contribution is 2.06. The van der Waals surface area contributed by atoms with E-state index in [0.29, 0.717) is 32.7 Å². The second-order valence-corrected chi connectivity index (χ2v) is 4.74. The fourth-order valence-electron chi connectivity index (χ4n) is 2.35. The number of hydrogen-bond donors (Lipinski definition) is 1. The Labute approximate surface area is 112 Å². The second kappa shape index (κ2) is 6.01. The topological polar surface area (TPSA) is 73.0 Å². The maximum atomic E-state index is 12.0. The van der Waals surface area contributed by atoms with Gasteiger partial charge in [0.1, 0.15) is 6.54 Å². The van der Waals surface area contributed by atoms with Crippen LogP contribution >= 0.6 is 0 Å². The van der Waals surface area contributed by atoms with Crippen molar-refractivity contribution < 1.29 is 14.4 Å². The van der Waals surface area contributed by atoms with Crippen molar-refractivity contribution in [3.05, 3.63) is 0 Å². The van der Waals surface area contributed by atoms with Crippen LogP contribution in [0.1, 0.15) is 6.92 Å². The zero-order valence-electron chi connectivity index (χ0n) is 11.2. The molecule has 2 saturated heterocycles. The quantitative estimate of drug-likeness (QED) is 0.607. The van der Waals surface area contributed by atoms with Crippen molar-refractivity contribution in [3.8, 4) is 0 Å². The standard InChI is InChI=1S/C12H20N4O3/c1-2-14-7-8-16(12(19)11(14)18)9-10(17)15-5-3-13-4-6-15/h13H,2-9H2,1H3. The van der Waals surface area contributed by atoms with Crippen LogP contribution in [0.15, 0.2) is 0 Å². The minimum Gasteiger partial charge on any atom is -0.339 e. The lowest BCUT2D eigenvalue weighted by Crippen LogP contribution is -2.57. The van der Waals surface area contributed by atoms with Crippen LogP contribution in [-0.4, -0.2) is 84.8 Å². The van der Waals surface area contributed by atoms with Crippen molar-refractivity contribution in [1.82, 2.24) is 20.0 Å². The van der Waals surface area contributed by atoms with Gasteiger partial charge in [0.2, 0.25) is 5.91 Å². The Morgan fingerprint density at radius 1 is 1.05 bits per heavy atom. The van der Waals surface area contributed by atoms with Crippen molar-refractivity contribution in [1.29, 1.82) is 0 Å². The Bertz CT molecular complexity index is 379. The number of carbonyl (C=O) groups is 3. The molecular formula is C12H20N4O3. The van der Waals surface area contributed by atoms with Gasteiger partial charge in [-0.05, 0) is 6.92 Å². The van der Waals surface area contributed by atoms with Crippen molar-refractivity contribution in [2.45, 2.75) is 6.92 Å². The van der Waals surface area contributed by atoms with Gasteiger partial charge in [-0.1, -0.05) is 0 Å². The molecule has 3 amide bonds. The molecule has 0 unspecified atom stereocenters. The molecule has 19 heavy (non-hydrogen) atoms. The van der Waals surface area contributed by atoms with Crippen molar-refractivity contribution >= 4 is 17.7 Å². The van der Waals surface area contributed by atoms with E-state index in [1.54, 1.807) is 4.90 Å². The minimum atomic E-state index is -0.559. The Kier molecular flexibility index (Phi) is 4.36. The fourth-order valence-corrected chi connectivity index (χ4v) is 2.35. The largest absolute Gasteiger partial charge is 0.339 e. The number of carbonyl (C=O) groups excluding carboxylic acids is 3. The first-order valence-corrected chi connectivity index (χ1v) is 6.70. The third-order valence-corrected chi connectivity index (χ3v) is 3.57. The minimum absolute atomic E-state index is 0.0160. The predicted molar refractivity (Wildman–Crippen MR) is 68.3 cm³/mol. The van der Waals surface area contributed by atoms with Gasteiger partial charge in [0.15, 0.2) is 0 Å². The fraction of sp³-hybridized carbons (Fsp3) is 0.750. The monoisotopic (exact) mass is 268 g/mol. The van der Waals surface area contributed by atoms with Crippen molar-refractivity contribution in [3.63, 3.8) is 0 Å². The molecule has 0 aliphatic carbocycles. The molecule has 0 aromatic carbocycles. The lowest BCUT2D eigenvalue weighted by atomic mass is 10.2. The number of nitrogens with zero attached hydrogens (tertiary/aromatic N) is 3. The molecular weight excluding hydrogens is 248 g/mol. The molecule has 106 valence electrons. The van der Waals surface area contributed by atoms with Gasteiger partial charge in [0, 0.05) is 45.8 Å². The Morgan fingerprint density at radius 2 is 1.63 bits per heavy atom. The van der Waals surface area contributed by atoms with Gasteiger partial charge in [-0.2, -0.15) is 0 Å². The molecule has 2 aliphatic heterocycles. The maximum absolute atomic E-state index is 12.0. The molecule has 0 radical (unpaired) electrons. The molecule has 0 bridgehead atoms. The molecule has 0 spiro atoms. The van der Waals surface area contributed by atoms with E-state index >= 15 is 0 Å². The summed E-state index contributed by atoms with van der Waals surface area (Å²) < 4.78 is 0. The zero-order chi connectivity index (χ0) is 13.8. The maximum Gasteiger partial charge on any atom is 0.312 e. The Hall–Kier alpha value is -1.63. The van der Waals surface area contributed by atoms with E-state index < -0.39 is 11.8 Å². The van der Waals surface area contributed by atoms with E-state index in [0.717, 1.165) is 13.1 Å². The normalized spacial score (nSPS) is 21.0. The number of hydrogen-bond acceptors (Lipinski definition) is 4. The molecule has 0 aromatic rings. The van der Waals surface area contributed by atoms with Crippen LogP contribution in [0.3, 0.4) is 0 Å². The van der Waals surface area contributed by atoms with Crippen LogP contribution in [0, 0.1) is 0 Å². The molecule has 2 rings (SSSR count). The van der Waals surface area contributed by atoms with E-state index in [2.05, 4.69) is 5.32 Å². The van der Waals surface area contributed by atoms with Crippen LogP contribution in [-0.2, 0) is 14.4 Å². The Balaban J connectivity index is 1.90. The van der Waals surface area contributed by atoms with Gasteiger partial charge < -0.3 is 20.0 Å². The molecule has 7 heteroatoms. The first-order chi connectivity index (χ1) is 9.13. The number of piperazine rings is 2. The lowest BCUT2D eigenvalue weighted by Gasteiger charge is -2.34. The molecule has 2 fully saturated rings. The van der Waals surface area contributed by atoms with E-state index in [-0.39, 0.29) is 12.5 Å². The first kappa shape index (κ1) is 13.8. The second-order valence-electron chi connectivity index (χ2n) is 4.74. The van der Waals surface area contributed by atoms with E-state index in [4.69, 9.17) is 0 Å². The summed E-state index contributed by atoms with van der Waals surface area (Å²) in [4.78, 5) is 40.2. The molecule has 2 heterocycles. The molecule has 0 aromatic heterocycles. The highest BCUT2D eigenvalue weighted by molar-refractivity contribution is 6.35. The van der Waals surface area contributed by atoms with Gasteiger partial charge in [-0.3, -0.25) is 14.4 Å². The van der Waals surface area contributed by atoms with Crippen LogP contribution in [0.2, 0.25) is 0 Å². The molecule has 7 nitrogen and oxygen atoms in total. The van der Waals surface area contributed by atoms with Crippen molar-refractivity contribution in [2.24, 2.45) is 0 Å². The van der Waals surface area contributed by atoms with Crippen LogP contribution < -0.4 is 5.32 Å². The molecule has 2 aliphatic rings. The highest BCUT2D eigenvalue weighted by Gasteiger charge is 2.33. The van der Waals surface area contributed by atoms with Crippen LogP contribution in [0.4, 0.5) is 0 Å². The average molecular weight is 268 g/mol. The summed E-state index contributed by atoms with van der Waals surface area (Å²) in [5.74, 6) is -1.13. The van der Waals surface area contributed by atoms with Gasteiger partial charge in [0.25, 0.3) is 0 Å². The van der Waals surface area contributed by atoms with E-state index in [1.165, 1.54) is 9.80 Å². The summed E-state index contributed by atoms with van der Waals surface area (Å²) in [7, 11) is 0. The summed E-state index contributed by atoms with van der Waals surface area (Å²) in [5.41, 5.74) is 0. The number of amides is 3. The van der Waals surface area contributed by atoms with Crippen molar-refractivity contribution in [2.75, 3.05) is 52.4 Å². The summed E-state index contributed by atoms with van der Waals surface area (Å²) in [5, 5.41) is 3.17. The van der Waals surface area contributed by atoms with Gasteiger partial charge >= 0.3 is 11.8 Å². The molecule has 0 saturated carbocycles. The zero-order valence-corrected chi connectivity index (χ0v) is 11.2. The van der Waals surface area contributed by atoms with E-state index in [9.17, 15) is 14.4 Å². The van der Waals surface area contributed by atoms with E-state index in [1.807, 2.05) is 6.92 Å². The smallest absolute Gasteiger partial charge is 0.312 e. The lowest BCUT2D eigenvalue weighted by molar-refractivity contribution is -0.157. The predicted octanol–water partition coefficient (Wildman–Crippen LogP) is -1.89. The van der Waals surface area contributed by atoms with Crippen LogP contribution in [0.25, 0.3) is 0 Å². The number of rotatable bonds is 3. The van der Waals surface area contributed by atoms with Crippen LogP contribution in [0.5, 0.6) is 0 Å². The summed E-state index contributed by atoms with van der Waals surface area (Å²) >= 11 is 0. The third-order valence-electron chi connectivity index (χ3n) is 3.57. The SMILES string of the molecule is CCN1CCN(CC(=O)N2CCNCC2)C(=O)C1=O. The Morgan fingerprint density at radius 3 is 2.26 bits per heavy atom. The van der Waals surface area contributed by atoms with Gasteiger partial charge in [0.05, 0.1) is 0 Å². The summed E-state index contributed by atoms with van der Waals surface area (Å²) in [6.45, 7) is 6.22. The third kappa shape index (κ3) is 3.04. The highest BCUT2D eigenvalue weighted by atomic mass is 16.2. The van der Waals surface area contributed by atoms with Gasteiger partial charge in [-0.15, -0.1) is 0 Å². The number of likely N-dealkylation sites (N-methyl/N-ethyl adjacent to an activating group) is 1. The summed E-state index contributed by atoms with van der Waals surface area (Å²) in [6.07, 6.45) is 0. The first-order valence-electron chi connectivity index (χ1n) is 6.70. The molecule has 0 atom stereocenters.